The number of benzene rings is 1. The van der Waals surface area contributed by atoms with Gasteiger partial charge in [-0.1, -0.05) is 0 Å². The number of carbonyl (C=O) groups excluding carboxylic acids is 1. The molecule has 3 heterocycles. The average Bonchev–Trinajstić information content (AvgIpc) is 3.17. The van der Waals surface area contributed by atoms with Crippen LogP contribution in [0, 0.1) is 0 Å². The van der Waals surface area contributed by atoms with Gasteiger partial charge in [0, 0.05) is 55.7 Å². The number of carbonyl (C=O) groups is 1. The Morgan fingerprint density at radius 2 is 2.09 bits per heavy atom. The molecule has 1 amide bonds. The summed E-state index contributed by atoms with van der Waals surface area (Å²) in [5.41, 5.74) is 3.82. The number of ether oxygens (including phenoxy) is 1. The van der Waals surface area contributed by atoms with Gasteiger partial charge >= 0.3 is 0 Å². The Hall–Kier alpha value is -3.82. The van der Waals surface area contributed by atoms with Gasteiger partial charge in [-0.05, 0) is 62.7 Å². The Bertz CT molecular complexity index is 1370. The molecule has 0 aliphatic rings. The molecular formula is C26H30N6O3. The van der Waals surface area contributed by atoms with E-state index in [-0.39, 0.29) is 6.54 Å². The summed E-state index contributed by atoms with van der Waals surface area (Å²) in [6.45, 7) is 5.17. The maximum Gasteiger partial charge on any atom is 0.280 e. The molecule has 0 radical (unpaired) electrons. The lowest BCUT2D eigenvalue weighted by Crippen LogP contribution is -2.32. The molecule has 0 saturated carbocycles. The highest BCUT2D eigenvalue weighted by Gasteiger charge is 2.18. The van der Waals surface area contributed by atoms with Crippen molar-refractivity contribution in [2.24, 2.45) is 4.99 Å². The van der Waals surface area contributed by atoms with Crippen LogP contribution in [-0.4, -0.2) is 56.4 Å². The molecule has 35 heavy (non-hydrogen) atoms. The largest absolute Gasteiger partial charge is 0.389 e. The van der Waals surface area contributed by atoms with E-state index in [9.17, 15) is 9.90 Å². The van der Waals surface area contributed by atoms with E-state index in [1.54, 1.807) is 51.7 Å². The predicted molar refractivity (Wildman–Crippen MR) is 135 cm³/mol. The normalized spacial score (nSPS) is 12.3. The van der Waals surface area contributed by atoms with Gasteiger partial charge in [-0.15, -0.1) is 0 Å². The molecular weight excluding hydrogens is 444 g/mol. The van der Waals surface area contributed by atoms with Crippen molar-refractivity contribution in [3.05, 3.63) is 72.2 Å². The molecule has 4 aromatic rings. The molecule has 0 unspecified atom stereocenters. The van der Waals surface area contributed by atoms with Crippen LogP contribution in [0.5, 0.6) is 0 Å². The van der Waals surface area contributed by atoms with Crippen molar-refractivity contribution in [2.45, 2.75) is 32.4 Å². The van der Waals surface area contributed by atoms with Gasteiger partial charge in [0.25, 0.3) is 5.91 Å². The molecule has 0 bridgehead atoms. The van der Waals surface area contributed by atoms with E-state index in [0.29, 0.717) is 23.5 Å². The van der Waals surface area contributed by atoms with Crippen molar-refractivity contribution in [2.75, 3.05) is 25.6 Å². The molecule has 0 aliphatic heterocycles. The third-order valence-electron chi connectivity index (χ3n) is 5.36. The average molecular weight is 475 g/mol. The van der Waals surface area contributed by atoms with Crippen molar-refractivity contribution in [1.29, 1.82) is 0 Å². The first-order chi connectivity index (χ1) is 16.8. The Balaban J connectivity index is 1.70. The highest BCUT2D eigenvalue weighted by Crippen LogP contribution is 2.19. The number of methoxy groups -OCH3 is 1. The summed E-state index contributed by atoms with van der Waals surface area (Å²) in [4.78, 5) is 29.2. The zero-order valence-corrected chi connectivity index (χ0v) is 20.2. The summed E-state index contributed by atoms with van der Waals surface area (Å²) >= 11 is 0. The number of aromatic nitrogens is 4. The lowest BCUT2D eigenvalue weighted by molar-refractivity contribution is 0.0612. The number of hydrogen-bond donors (Lipinski definition) is 3. The Morgan fingerprint density at radius 3 is 2.83 bits per heavy atom. The summed E-state index contributed by atoms with van der Waals surface area (Å²) < 4.78 is 6.92. The summed E-state index contributed by atoms with van der Waals surface area (Å²) in [6, 6.07) is 12.9. The highest BCUT2D eigenvalue weighted by atomic mass is 16.5. The molecule has 0 atom stereocenters. The van der Waals surface area contributed by atoms with E-state index >= 15 is 0 Å². The summed E-state index contributed by atoms with van der Waals surface area (Å²) in [7, 11) is 1.68. The molecule has 182 valence electrons. The number of anilines is 1. The number of amides is 1. The quantitative estimate of drug-likeness (QED) is 0.320. The first-order valence-electron chi connectivity index (χ1n) is 11.5. The molecule has 1 aromatic carbocycles. The second-order valence-electron chi connectivity index (χ2n) is 8.94. The smallest absolute Gasteiger partial charge is 0.280 e. The number of imidazole rings is 1. The van der Waals surface area contributed by atoms with Crippen LogP contribution >= 0.6 is 0 Å². The van der Waals surface area contributed by atoms with Crippen LogP contribution in [0.25, 0.3) is 22.3 Å². The molecule has 9 heteroatoms. The number of rotatable bonds is 9. The zero-order valence-electron chi connectivity index (χ0n) is 20.2. The molecule has 0 saturated heterocycles. The number of nitrogens with zero attached hydrogens (tertiary/aromatic N) is 4. The minimum Gasteiger partial charge on any atom is -0.389 e. The fraction of sp³-hybridized carbons (Fsp3) is 0.308. The monoisotopic (exact) mass is 474 g/mol. The highest BCUT2D eigenvalue weighted by molar-refractivity contribution is 5.95. The molecule has 0 fully saturated rings. The standard InChI is InChI=1S/C26H30N6O3/c1-26(2,34)17-32-23-8-7-20(28-11-5-13-35-3)15-22(23)30-25(32)31-24(33)18-9-12-29-21(14-18)19-6-4-10-27-16-19/h4,6-10,12,14-16,28,34H,5,11,13,17H2,1-3H3,(H,30,31,33). The van der Waals surface area contributed by atoms with Gasteiger partial charge in [0.2, 0.25) is 5.62 Å². The minimum atomic E-state index is -1.01. The fourth-order valence-corrected chi connectivity index (χ4v) is 3.76. The topological polar surface area (TPSA) is 117 Å². The van der Waals surface area contributed by atoms with Crippen molar-refractivity contribution in [3.63, 3.8) is 0 Å². The van der Waals surface area contributed by atoms with Gasteiger partial charge in [0.05, 0.1) is 28.9 Å². The van der Waals surface area contributed by atoms with E-state index in [1.165, 1.54) is 0 Å². The second kappa shape index (κ2) is 10.6. The molecule has 0 aliphatic carbocycles. The maximum absolute atomic E-state index is 13.1. The molecule has 9 nitrogen and oxygen atoms in total. The van der Waals surface area contributed by atoms with Crippen LogP contribution in [0.3, 0.4) is 0 Å². The second-order valence-corrected chi connectivity index (χ2v) is 8.94. The van der Waals surface area contributed by atoms with E-state index < -0.39 is 11.5 Å². The van der Waals surface area contributed by atoms with Crippen LogP contribution in [-0.2, 0) is 11.3 Å². The maximum atomic E-state index is 13.1. The number of pyridine rings is 2. The Morgan fingerprint density at radius 1 is 1.23 bits per heavy atom. The summed E-state index contributed by atoms with van der Waals surface area (Å²) in [5, 5.41) is 13.9. The molecule has 0 spiro atoms. The van der Waals surface area contributed by atoms with Gasteiger partial charge in [0.15, 0.2) is 0 Å². The van der Waals surface area contributed by atoms with Gasteiger partial charge < -0.3 is 24.7 Å². The number of hydrogen-bond acceptors (Lipinski definition) is 6. The van der Waals surface area contributed by atoms with Crippen LogP contribution in [0.4, 0.5) is 5.69 Å². The van der Waals surface area contributed by atoms with Crippen LogP contribution < -0.4 is 10.9 Å². The number of nitrogens with one attached hydrogen (secondary N) is 2. The van der Waals surface area contributed by atoms with Gasteiger partial charge in [0.1, 0.15) is 0 Å². The SMILES string of the molecule is COCCCNc1ccc2c(c1)[nH]/c(=N\C(=O)c1ccnc(-c3cccnc3)c1)n2CC(C)(C)O. The van der Waals surface area contributed by atoms with E-state index in [0.717, 1.165) is 35.2 Å². The molecule has 4 rings (SSSR count). The van der Waals surface area contributed by atoms with Crippen molar-refractivity contribution in [3.8, 4) is 11.3 Å². The van der Waals surface area contributed by atoms with E-state index in [2.05, 4.69) is 25.3 Å². The first kappa shape index (κ1) is 24.3. The van der Waals surface area contributed by atoms with Gasteiger partial charge in [-0.3, -0.25) is 14.8 Å². The summed E-state index contributed by atoms with van der Waals surface area (Å²) in [5.74, 6) is -0.411. The van der Waals surface area contributed by atoms with Crippen LogP contribution in [0.2, 0.25) is 0 Å². The van der Waals surface area contributed by atoms with Crippen molar-refractivity contribution >= 4 is 22.6 Å². The van der Waals surface area contributed by atoms with Crippen LogP contribution in [0.15, 0.2) is 66.0 Å². The van der Waals surface area contributed by atoms with Gasteiger partial charge in [-0.2, -0.15) is 4.99 Å². The number of fused-ring (bicyclic) bond motifs is 1. The lowest BCUT2D eigenvalue weighted by atomic mass is 10.1. The van der Waals surface area contributed by atoms with Gasteiger partial charge in [-0.25, -0.2) is 0 Å². The van der Waals surface area contributed by atoms with Crippen molar-refractivity contribution in [1.82, 2.24) is 19.5 Å². The van der Waals surface area contributed by atoms with E-state index in [4.69, 9.17) is 4.74 Å². The minimum absolute atomic E-state index is 0.261. The zero-order chi connectivity index (χ0) is 24.8. The third kappa shape index (κ3) is 6.20. The van der Waals surface area contributed by atoms with Crippen LogP contribution in [0.1, 0.15) is 30.6 Å². The fourth-order valence-electron chi connectivity index (χ4n) is 3.76. The lowest BCUT2D eigenvalue weighted by Gasteiger charge is -2.18. The number of aliphatic hydroxyl groups is 1. The Kier molecular flexibility index (Phi) is 7.38. The molecule has 3 aromatic heterocycles. The third-order valence-corrected chi connectivity index (χ3v) is 5.36. The van der Waals surface area contributed by atoms with Crippen molar-refractivity contribution < 1.29 is 14.6 Å². The number of H-pyrrole nitrogens is 1. The summed E-state index contributed by atoms with van der Waals surface area (Å²) in [6.07, 6.45) is 5.86. The first-order valence-corrected chi connectivity index (χ1v) is 11.5. The predicted octanol–water partition coefficient (Wildman–Crippen LogP) is 3.39. The Labute approximate surface area is 203 Å². The molecule has 3 N–H and O–H groups in total. The number of aromatic amines is 1. The van der Waals surface area contributed by atoms with E-state index in [1.807, 2.05) is 34.9 Å².